The molecule has 5 nitrogen and oxygen atoms in total. The van der Waals surface area contributed by atoms with E-state index in [1.807, 2.05) is 18.7 Å². The lowest BCUT2D eigenvalue weighted by molar-refractivity contribution is -0.121. The van der Waals surface area contributed by atoms with Crippen molar-refractivity contribution in [1.29, 1.82) is 0 Å². The Hall–Kier alpha value is -0.760. The van der Waals surface area contributed by atoms with Gasteiger partial charge in [0.2, 0.25) is 0 Å². The molecule has 2 saturated heterocycles. The van der Waals surface area contributed by atoms with Crippen molar-refractivity contribution in [2.75, 3.05) is 16.4 Å². The number of nitrogens with zero attached hydrogens (tertiary/aromatic N) is 2. The Morgan fingerprint density at radius 3 is 2.58 bits per heavy atom. The van der Waals surface area contributed by atoms with Gasteiger partial charge in [0, 0.05) is 16.9 Å². The number of carbonyl (C=O) groups excluding carboxylic acids is 1. The van der Waals surface area contributed by atoms with Gasteiger partial charge in [-0.25, -0.2) is 8.42 Å². The molecule has 1 aromatic carbocycles. The number of rotatable bonds is 4. The largest absolute Gasteiger partial charge is 0.316 e. The molecule has 9 heteroatoms. The first-order valence-electron chi connectivity index (χ1n) is 8.49. The van der Waals surface area contributed by atoms with E-state index in [1.165, 1.54) is 11.8 Å². The summed E-state index contributed by atoms with van der Waals surface area (Å²) >= 11 is 13.5. The molecule has 142 valence electrons. The number of amidine groups is 1. The highest BCUT2D eigenvalue weighted by Gasteiger charge is 2.49. The Kier molecular flexibility index (Phi) is 5.92. The zero-order chi connectivity index (χ0) is 19.1. The van der Waals surface area contributed by atoms with Gasteiger partial charge in [-0.1, -0.05) is 48.8 Å². The quantitative estimate of drug-likeness (QED) is 0.715. The first-order valence-corrected chi connectivity index (χ1v) is 11.9. The Morgan fingerprint density at radius 2 is 1.96 bits per heavy atom. The summed E-state index contributed by atoms with van der Waals surface area (Å²) in [4.78, 5) is 18.7. The number of benzene rings is 1. The number of amides is 1. The topological polar surface area (TPSA) is 66.8 Å². The summed E-state index contributed by atoms with van der Waals surface area (Å²) in [7, 11) is -3.10. The molecule has 1 aromatic rings. The van der Waals surface area contributed by atoms with Crippen molar-refractivity contribution in [2.24, 2.45) is 10.9 Å². The van der Waals surface area contributed by atoms with Crippen LogP contribution in [0.3, 0.4) is 0 Å². The van der Waals surface area contributed by atoms with Crippen LogP contribution in [0, 0.1) is 5.92 Å². The normalized spacial score (nSPS) is 25.9. The van der Waals surface area contributed by atoms with Gasteiger partial charge >= 0.3 is 0 Å². The zero-order valence-electron chi connectivity index (χ0n) is 14.5. The molecular formula is C17H20Cl2N2O3S2. The van der Waals surface area contributed by atoms with Crippen molar-refractivity contribution in [3.63, 3.8) is 0 Å². The van der Waals surface area contributed by atoms with Gasteiger partial charge in [-0.15, -0.1) is 0 Å². The highest BCUT2D eigenvalue weighted by atomic mass is 35.5. The second kappa shape index (κ2) is 7.70. The first kappa shape index (κ1) is 20.0. The van der Waals surface area contributed by atoms with Gasteiger partial charge in [-0.2, -0.15) is 4.99 Å². The van der Waals surface area contributed by atoms with E-state index in [0.29, 0.717) is 20.9 Å². The number of fused-ring (bicyclic) bond motifs is 1. The molecule has 2 heterocycles. The lowest BCUT2D eigenvalue weighted by Crippen LogP contribution is -2.37. The third-order valence-corrected chi connectivity index (χ3v) is 8.74. The van der Waals surface area contributed by atoms with Crippen LogP contribution in [0.1, 0.15) is 26.7 Å². The second-order valence-corrected chi connectivity index (χ2v) is 10.7. The number of carbonyl (C=O) groups is 1. The second-order valence-electron chi connectivity index (χ2n) is 6.52. The fourth-order valence-electron chi connectivity index (χ4n) is 3.32. The van der Waals surface area contributed by atoms with Crippen LogP contribution in [-0.2, 0) is 14.6 Å². The Labute approximate surface area is 168 Å². The predicted octanol–water partition coefficient (Wildman–Crippen LogP) is 4.03. The molecule has 0 aliphatic carbocycles. The predicted molar refractivity (Wildman–Crippen MR) is 109 cm³/mol. The van der Waals surface area contributed by atoms with Crippen LogP contribution in [-0.4, -0.2) is 42.3 Å². The van der Waals surface area contributed by atoms with Crippen molar-refractivity contribution in [3.05, 3.63) is 28.2 Å². The van der Waals surface area contributed by atoms with Crippen molar-refractivity contribution in [3.8, 4) is 0 Å². The van der Waals surface area contributed by atoms with Crippen molar-refractivity contribution >= 4 is 61.6 Å². The van der Waals surface area contributed by atoms with Crippen LogP contribution in [0.5, 0.6) is 0 Å². The molecule has 2 aliphatic heterocycles. The van der Waals surface area contributed by atoms with Gasteiger partial charge in [0.25, 0.3) is 5.91 Å². The smallest absolute Gasteiger partial charge is 0.251 e. The summed E-state index contributed by atoms with van der Waals surface area (Å²) < 4.78 is 24.2. The van der Waals surface area contributed by atoms with Crippen LogP contribution in [0.15, 0.2) is 23.2 Å². The van der Waals surface area contributed by atoms with E-state index in [9.17, 15) is 13.2 Å². The molecule has 0 spiro atoms. The lowest BCUT2D eigenvalue weighted by atomic mass is 10.0. The summed E-state index contributed by atoms with van der Waals surface area (Å²) in [6.45, 7) is 3.93. The number of anilines is 1. The van der Waals surface area contributed by atoms with E-state index >= 15 is 0 Å². The minimum absolute atomic E-state index is 0.0447. The zero-order valence-corrected chi connectivity index (χ0v) is 17.6. The summed E-state index contributed by atoms with van der Waals surface area (Å²) in [5.41, 5.74) is 0.701. The molecule has 0 saturated carbocycles. The first-order chi connectivity index (χ1) is 12.3. The molecule has 2 fully saturated rings. The lowest BCUT2D eigenvalue weighted by Gasteiger charge is -2.25. The number of halogens is 2. The van der Waals surface area contributed by atoms with E-state index in [-0.39, 0.29) is 34.6 Å². The molecular weight excluding hydrogens is 415 g/mol. The summed E-state index contributed by atoms with van der Waals surface area (Å²) in [5, 5.41) is 1.21. The summed E-state index contributed by atoms with van der Waals surface area (Å²) in [5.74, 6) is -0.144. The molecule has 0 unspecified atom stereocenters. The number of thioether (sulfide) groups is 1. The molecule has 0 N–H and O–H groups in total. The van der Waals surface area contributed by atoms with E-state index < -0.39 is 9.84 Å². The minimum atomic E-state index is -3.10. The number of hydrogen-bond donors (Lipinski definition) is 0. The van der Waals surface area contributed by atoms with E-state index in [1.54, 1.807) is 18.2 Å². The van der Waals surface area contributed by atoms with Crippen molar-refractivity contribution in [1.82, 2.24) is 0 Å². The van der Waals surface area contributed by atoms with E-state index in [2.05, 4.69) is 4.99 Å². The van der Waals surface area contributed by atoms with Crippen molar-refractivity contribution in [2.45, 2.75) is 38.0 Å². The standard InChI is InChI=1S/C17H20Cl2N2O3S2/c1-3-10(4-2)16(22)20-17-21(11-5-6-12(18)13(19)7-11)14-8-26(23,24)9-15(14)25-17/h5-7,10,14-15H,3-4,8-9H2,1-2H3/t14-,15+/m1/s1. The van der Waals surface area contributed by atoms with Crippen molar-refractivity contribution < 1.29 is 13.2 Å². The van der Waals surface area contributed by atoms with Gasteiger partial charge in [0.05, 0.1) is 27.6 Å². The molecule has 0 aromatic heterocycles. The van der Waals surface area contributed by atoms with E-state index in [0.717, 1.165) is 12.8 Å². The van der Waals surface area contributed by atoms with Crippen LogP contribution in [0.25, 0.3) is 0 Å². The molecule has 1 amide bonds. The number of hydrogen-bond acceptors (Lipinski definition) is 4. The average molecular weight is 435 g/mol. The van der Waals surface area contributed by atoms with Crippen LogP contribution in [0.4, 0.5) is 5.69 Å². The maximum Gasteiger partial charge on any atom is 0.251 e. The minimum Gasteiger partial charge on any atom is -0.316 e. The molecule has 2 atom stereocenters. The third-order valence-electron chi connectivity index (χ3n) is 4.79. The number of aliphatic imine (C=N–C) groups is 1. The van der Waals surface area contributed by atoms with Crippen LogP contribution < -0.4 is 4.90 Å². The monoisotopic (exact) mass is 434 g/mol. The molecule has 0 radical (unpaired) electrons. The number of sulfone groups is 1. The Bertz CT molecular complexity index is 854. The van der Waals surface area contributed by atoms with E-state index in [4.69, 9.17) is 23.2 Å². The van der Waals surface area contributed by atoms with Gasteiger partial charge in [-0.3, -0.25) is 4.79 Å². The highest BCUT2D eigenvalue weighted by molar-refractivity contribution is 8.16. The van der Waals surface area contributed by atoms with Crippen LogP contribution >= 0.6 is 35.0 Å². The summed E-state index contributed by atoms with van der Waals surface area (Å²) in [6, 6.07) is 4.88. The fraction of sp³-hybridized carbons (Fsp3) is 0.529. The average Bonchev–Trinajstić information content (AvgIpc) is 3.02. The van der Waals surface area contributed by atoms with Gasteiger partial charge < -0.3 is 4.90 Å². The SMILES string of the molecule is CCC(CC)C(=O)N=C1S[C@H]2CS(=O)(=O)C[C@H]2N1c1ccc(Cl)c(Cl)c1. The maximum absolute atomic E-state index is 12.5. The fourth-order valence-corrected chi connectivity index (χ4v) is 7.54. The van der Waals surface area contributed by atoms with Gasteiger partial charge in [0.1, 0.15) is 0 Å². The molecule has 3 rings (SSSR count). The Morgan fingerprint density at radius 1 is 1.27 bits per heavy atom. The molecule has 2 aliphatic rings. The Balaban J connectivity index is 2.01. The van der Waals surface area contributed by atoms with Gasteiger partial charge in [0.15, 0.2) is 15.0 Å². The molecule has 0 bridgehead atoms. The molecule has 26 heavy (non-hydrogen) atoms. The van der Waals surface area contributed by atoms with Gasteiger partial charge in [-0.05, 0) is 31.0 Å². The van der Waals surface area contributed by atoms with Crippen LogP contribution in [0.2, 0.25) is 10.0 Å². The summed E-state index contributed by atoms with van der Waals surface area (Å²) in [6.07, 6.45) is 1.45. The highest BCUT2D eigenvalue weighted by Crippen LogP contribution is 2.42. The third kappa shape index (κ3) is 3.91. The maximum atomic E-state index is 12.5.